The molecule has 4 nitrogen and oxygen atoms in total. The van der Waals surface area contributed by atoms with Gasteiger partial charge in [-0.3, -0.25) is 0 Å². The van der Waals surface area contributed by atoms with Crippen LogP contribution < -0.4 is 5.32 Å². The van der Waals surface area contributed by atoms with E-state index in [2.05, 4.69) is 39.5 Å². The molecule has 3 saturated heterocycles. The Bertz CT molecular complexity index is 611. The van der Waals surface area contributed by atoms with Gasteiger partial charge in [0.05, 0.1) is 0 Å². The third kappa shape index (κ3) is 2.56. The zero-order valence-electron chi connectivity index (χ0n) is 12.4. The first-order valence-corrected chi connectivity index (χ1v) is 7.79. The van der Waals surface area contributed by atoms with E-state index in [-0.39, 0.29) is 0 Å². The molecule has 3 fully saturated rings. The Morgan fingerprint density at radius 3 is 2.52 bits per heavy atom. The summed E-state index contributed by atoms with van der Waals surface area (Å²) in [5.41, 5.74) is 3.21. The summed E-state index contributed by atoms with van der Waals surface area (Å²) < 4.78 is 5.27. The molecule has 110 valence electrons. The number of fused-ring (bicyclic) bond motifs is 3. The highest BCUT2D eigenvalue weighted by atomic mass is 16.3. The topological polar surface area (TPSA) is 41.3 Å². The van der Waals surface area contributed by atoms with Crippen LogP contribution in [0.3, 0.4) is 0 Å². The zero-order chi connectivity index (χ0) is 14.2. The lowest BCUT2D eigenvalue weighted by molar-refractivity contribution is 0.0975. The van der Waals surface area contributed by atoms with Crippen LogP contribution in [0.2, 0.25) is 0 Å². The SMILES string of the molecule is Cc1nc(-c2ccc(NC3CN4CCC3CC4)cc2)co1. The normalized spacial score (nSPS) is 27.8. The van der Waals surface area contributed by atoms with Gasteiger partial charge in [0.15, 0.2) is 5.89 Å². The van der Waals surface area contributed by atoms with Crippen molar-refractivity contribution in [3.63, 3.8) is 0 Å². The molecule has 4 heteroatoms. The molecule has 4 heterocycles. The minimum atomic E-state index is 0.604. The summed E-state index contributed by atoms with van der Waals surface area (Å²) in [6.45, 7) is 5.63. The summed E-state index contributed by atoms with van der Waals surface area (Å²) in [5.74, 6) is 1.55. The Labute approximate surface area is 125 Å². The second-order valence-corrected chi connectivity index (χ2v) is 6.22. The number of oxazole rings is 1. The highest BCUT2D eigenvalue weighted by Crippen LogP contribution is 2.30. The van der Waals surface area contributed by atoms with Gasteiger partial charge in [-0.2, -0.15) is 0 Å². The van der Waals surface area contributed by atoms with E-state index in [0.29, 0.717) is 11.9 Å². The van der Waals surface area contributed by atoms with Crippen molar-refractivity contribution in [3.8, 4) is 11.3 Å². The van der Waals surface area contributed by atoms with E-state index >= 15 is 0 Å². The highest BCUT2D eigenvalue weighted by molar-refractivity contribution is 5.62. The Morgan fingerprint density at radius 1 is 1.19 bits per heavy atom. The number of anilines is 1. The number of hydrogen-bond acceptors (Lipinski definition) is 4. The van der Waals surface area contributed by atoms with Crippen LogP contribution in [0.4, 0.5) is 5.69 Å². The van der Waals surface area contributed by atoms with Gasteiger partial charge in [-0.1, -0.05) is 12.1 Å². The van der Waals surface area contributed by atoms with Gasteiger partial charge in [0, 0.05) is 30.8 Å². The van der Waals surface area contributed by atoms with Gasteiger partial charge in [-0.05, 0) is 44.0 Å². The number of nitrogens with one attached hydrogen (secondary N) is 1. The van der Waals surface area contributed by atoms with Crippen LogP contribution in [-0.2, 0) is 0 Å². The minimum Gasteiger partial charge on any atom is -0.449 e. The maximum Gasteiger partial charge on any atom is 0.191 e. The lowest BCUT2D eigenvalue weighted by Crippen LogP contribution is -2.53. The predicted molar refractivity (Wildman–Crippen MR) is 83.3 cm³/mol. The summed E-state index contributed by atoms with van der Waals surface area (Å²) in [4.78, 5) is 6.94. The number of hydrogen-bond donors (Lipinski definition) is 1. The van der Waals surface area contributed by atoms with Crippen molar-refractivity contribution >= 4 is 5.69 Å². The standard InChI is InChI=1S/C17H21N3O/c1-12-18-17(11-21-12)13-2-4-15(5-3-13)19-16-10-20-8-6-14(16)7-9-20/h2-5,11,14,16,19H,6-10H2,1H3. The first-order chi connectivity index (χ1) is 10.3. The number of aryl methyl sites for hydroxylation is 1. The monoisotopic (exact) mass is 283 g/mol. The van der Waals surface area contributed by atoms with Gasteiger partial charge in [0.25, 0.3) is 0 Å². The molecular weight excluding hydrogens is 262 g/mol. The van der Waals surface area contributed by atoms with Crippen LogP contribution in [-0.4, -0.2) is 35.6 Å². The van der Waals surface area contributed by atoms with Crippen molar-refractivity contribution < 1.29 is 4.42 Å². The molecule has 0 saturated carbocycles. The van der Waals surface area contributed by atoms with Gasteiger partial charge in [0.1, 0.15) is 12.0 Å². The van der Waals surface area contributed by atoms with Crippen LogP contribution in [0.5, 0.6) is 0 Å². The lowest BCUT2D eigenvalue weighted by Gasteiger charge is -2.45. The van der Waals surface area contributed by atoms with Crippen molar-refractivity contribution in [1.29, 1.82) is 0 Å². The fourth-order valence-corrected chi connectivity index (χ4v) is 3.58. The largest absolute Gasteiger partial charge is 0.449 e. The Hall–Kier alpha value is -1.81. The fraction of sp³-hybridized carbons (Fsp3) is 0.471. The van der Waals surface area contributed by atoms with Crippen LogP contribution in [0.15, 0.2) is 34.9 Å². The minimum absolute atomic E-state index is 0.604. The fourth-order valence-electron chi connectivity index (χ4n) is 3.58. The van der Waals surface area contributed by atoms with Crippen LogP contribution >= 0.6 is 0 Å². The molecule has 1 atom stereocenters. The number of aromatic nitrogens is 1. The van der Waals surface area contributed by atoms with Crippen molar-refractivity contribution in [1.82, 2.24) is 9.88 Å². The maximum absolute atomic E-state index is 5.27. The Balaban J connectivity index is 1.47. The van der Waals surface area contributed by atoms with E-state index in [0.717, 1.165) is 17.2 Å². The second-order valence-electron chi connectivity index (χ2n) is 6.22. The molecule has 1 aromatic carbocycles. The molecule has 1 unspecified atom stereocenters. The first-order valence-electron chi connectivity index (χ1n) is 7.79. The maximum atomic E-state index is 5.27. The van der Waals surface area contributed by atoms with Gasteiger partial charge in [-0.25, -0.2) is 4.98 Å². The van der Waals surface area contributed by atoms with E-state index in [1.807, 2.05) is 6.92 Å². The molecule has 1 N–H and O–H groups in total. The predicted octanol–water partition coefficient (Wildman–Crippen LogP) is 3.16. The molecule has 0 aliphatic carbocycles. The van der Waals surface area contributed by atoms with Crippen LogP contribution in [0, 0.1) is 12.8 Å². The van der Waals surface area contributed by atoms with Gasteiger partial charge < -0.3 is 14.6 Å². The number of nitrogens with zero attached hydrogens (tertiary/aromatic N) is 2. The van der Waals surface area contributed by atoms with Crippen molar-refractivity contribution in [2.45, 2.75) is 25.8 Å². The molecule has 3 aliphatic rings. The van der Waals surface area contributed by atoms with Crippen LogP contribution in [0.1, 0.15) is 18.7 Å². The molecular formula is C17H21N3O. The number of rotatable bonds is 3. The van der Waals surface area contributed by atoms with Crippen molar-refractivity contribution in [2.24, 2.45) is 5.92 Å². The van der Waals surface area contributed by atoms with Gasteiger partial charge >= 0.3 is 0 Å². The summed E-state index contributed by atoms with van der Waals surface area (Å²) in [7, 11) is 0. The molecule has 21 heavy (non-hydrogen) atoms. The molecule has 0 spiro atoms. The molecule has 1 aromatic heterocycles. The van der Waals surface area contributed by atoms with E-state index in [4.69, 9.17) is 4.42 Å². The van der Waals surface area contributed by atoms with E-state index in [1.165, 1.54) is 38.2 Å². The summed E-state index contributed by atoms with van der Waals surface area (Å²) in [5, 5.41) is 3.71. The molecule has 0 amide bonds. The summed E-state index contributed by atoms with van der Waals surface area (Å²) in [6, 6.07) is 9.13. The van der Waals surface area contributed by atoms with E-state index in [9.17, 15) is 0 Å². The third-order valence-electron chi connectivity index (χ3n) is 4.81. The summed E-state index contributed by atoms with van der Waals surface area (Å²) in [6.07, 6.45) is 4.40. The van der Waals surface area contributed by atoms with Gasteiger partial charge in [-0.15, -0.1) is 0 Å². The summed E-state index contributed by atoms with van der Waals surface area (Å²) >= 11 is 0. The van der Waals surface area contributed by atoms with E-state index in [1.54, 1.807) is 6.26 Å². The first kappa shape index (κ1) is 12.9. The Kier molecular flexibility index (Phi) is 3.19. The Morgan fingerprint density at radius 2 is 1.95 bits per heavy atom. The third-order valence-corrected chi connectivity index (χ3v) is 4.81. The molecule has 0 radical (unpaired) electrons. The highest BCUT2D eigenvalue weighted by Gasteiger charge is 2.33. The smallest absolute Gasteiger partial charge is 0.191 e. The van der Waals surface area contributed by atoms with Crippen molar-refractivity contribution in [3.05, 3.63) is 36.4 Å². The molecule has 5 rings (SSSR count). The number of piperidine rings is 3. The quantitative estimate of drug-likeness (QED) is 0.939. The lowest BCUT2D eigenvalue weighted by atomic mass is 9.84. The van der Waals surface area contributed by atoms with Crippen LogP contribution in [0.25, 0.3) is 11.3 Å². The average Bonchev–Trinajstić information content (AvgIpc) is 2.96. The molecule has 2 bridgehead atoms. The number of benzene rings is 1. The van der Waals surface area contributed by atoms with E-state index < -0.39 is 0 Å². The average molecular weight is 283 g/mol. The van der Waals surface area contributed by atoms with Crippen molar-refractivity contribution in [2.75, 3.05) is 25.0 Å². The van der Waals surface area contributed by atoms with Gasteiger partial charge in [0.2, 0.25) is 0 Å². The molecule has 3 aliphatic heterocycles. The zero-order valence-corrected chi connectivity index (χ0v) is 12.4. The molecule has 2 aromatic rings. The second kappa shape index (κ2) is 5.19.